The number of halogens is 4. The first-order chi connectivity index (χ1) is 29.0. The van der Waals surface area contributed by atoms with E-state index in [-0.39, 0.29) is 44.0 Å². The number of anilines is 1. The number of sulfonamides is 1. The Morgan fingerprint density at radius 1 is 1.11 bits per heavy atom. The van der Waals surface area contributed by atoms with E-state index in [1.165, 1.54) is 7.11 Å². The van der Waals surface area contributed by atoms with Crippen molar-refractivity contribution in [3.8, 4) is 11.6 Å². The van der Waals surface area contributed by atoms with Gasteiger partial charge in [0.1, 0.15) is 46.7 Å². The van der Waals surface area contributed by atoms with Crippen LogP contribution in [0.25, 0.3) is 10.8 Å². The molecule has 1 aromatic heterocycles. The molecule has 0 radical (unpaired) electrons. The van der Waals surface area contributed by atoms with Crippen molar-refractivity contribution in [3.05, 3.63) is 36.4 Å². The second kappa shape index (κ2) is 17.4. The summed E-state index contributed by atoms with van der Waals surface area (Å²) in [4.78, 5) is 64.5. The predicted molar refractivity (Wildman–Crippen MR) is 221 cm³/mol. The molecule has 4 aliphatic rings. The number of ether oxygens (including phenoxy) is 3. The Hall–Kier alpha value is -4.88. The summed E-state index contributed by atoms with van der Waals surface area (Å²) in [6.45, 7) is 6.01. The average molecular weight is 897 g/mol. The van der Waals surface area contributed by atoms with Crippen LogP contribution < -0.4 is 29.7 Å². The summed E-state index contributed by atoms with van der Waals surface area (Å²) in [6.07, 6.45) is -2.55. The number of rotatable bonds is 11. The number of alkyl carbamates (subject to hydrolysis) is 1. The van der Waals surface area contributed by atoms with E-state index in [0.29, 0.717) is 56.6 Å². The highest BCUT2D eigenvalue weighted by Crippen LogP contribution is 2.48. The topological polar surface area (TPSA) is 186 Å². The molecule has 20 heteroatoms. The first-order valence-electron chi connectivity index (χ1n) is 20.8. The lowest BCUT2D eigenvalue weighted by Gasteiger charge is -2.34. The molecule has 0 bridgehead atoms. The minimum atomic E-state index is -4.94. The SMILES string of the molecule is CCN(C)c1cc2cc(OC)ccc2c(O[C@@H]2C[C@H]3C(=O)N[C@]4(C(=O)NS(=O)(=O)C5(CF)CC5)C[C@H]4/C=C\CC[C@H](C)C[C@@H](C)[C@H](NC(=O)OC(C)(C)C(F)(F)F)C(=O)N3C2)n1. The van der Waals surface area contributed by atoms with E-state index in [4.69, 9.17) is 19.2 Å². The highest BCUT2D eigenvalue weighted by molar-refractivity contribution is 7.91. The number of nitrogens with zero attached hydrogens (tertiary/aromatic N) is 3. The number of allylic oxidation sites excluding steroid dienone is 1. The molecule has 0 unspecified atom stereocenters. The van der Waals surface area contributed by atoms with Crippen LogP contribution in [-0.4, -0.2) is 116 Å². The van der Waals surface area contributed by atoms with Crippen molar-refractivity contribution in [1.29, 1.82) is 0 Å². The van der Waals surface area contributed by atoms with Crippen molar-refractivity contribution >= 4 is 50.4 Å². The molecule has 62 heavy (non-hydrogen) atoms. The van der Waals surface area contributed by atoms with E-state index in [0.717, 1.165) is 10.3 Å². The molecule has 0 spiro atoms. The monoisotopic (exact) mass is 896 g/mol. The van der Waals surface area contributed by atoms with E-state index in [1.807, 2.05) is 42.7 Å². The summed E-state index contributed by atoms with van der Waals surface area (Å²) in [5.74, 6) is -2.83. The van der Waals surface area contributed by atoms with Crippen LogP contribution in [-0.2, 0) is 29.1 Å². The lowest BCUT2D eigenvalue weighted by molar-refractivity contribution is -0.244. The Balaban J connectivity index is 1.39. The Morgan fingerprint density at radius 2 is 1.82 bits per heavy atom. The van der Waals surface area contributed by atoms with Gasteiger partial charge in [0.05, 0.1) is 13.7 Å². The molecule has 7 atom stereocenters. The number of amides is 4. The smallest absolute Gasteiger partial charge is 0.427 e. The van der Waals surface area contributed by atoms with Crippen molar-refractivity contribution in [2.45, 2.75) is 120 Å². The van der Waals surface area contributed by atoms with Gasteiger partial charge in [-0.1, -0.05) is 26.0 Å². The number of methoxy groups -OCH3 is 1. The van der Waals surface area contributed by atoms with Gasteiger partial charge in [-0.15, -0.1) is 0 Å². The normalized spacial score (nSPS) is 28.3. The number of pyridine rings is 1. The summed E-state index contributed by atoms with van der Waals surface area (Å²) in [6, 6.07) is 4.25. The Kier molecular flexibility index (Phi) is 13.0. The molecule has 3 heterocycles. The number of nitrogens with one attached hydrogen (secondary N) is 3. The molecular formula is C42H56F4N6O9S. The van der Waals surface area contributed by atoms with Gasteiger partial charge in [0.15, 0.2) is 0 Å². The van der Waals surface area contributed by atoms with Crippen LogP contribution in [0.5, 0.6) is 11.6 Å². The van der Waals surface area contributed by atoms with Crippen LogP contribution in [0.2, 0.25) is 0 Å². The van der Waals surface area contributed by atoms with E-state index >= 15 is 0 Å². The molecule has 2 aliphatic heterocycles. The highest BCUT2D eigenvalue weighted by Gasteiger charge is 2.64. The van der Waals surface area contributed by atoms with E-state index < -0.39 is 92.6 Å². The zero-order chi connectivity index (χ0) is 45.6. The fourth-order valence-electron chi connectivity index (χ4n) is 8.12. The number of benzene rings is 1. The molecule has 3 N–H and O–H groups in total. The summed E-state index contributed by atoms with van der Waals surface area (Å²) in [5.41, 5.74) is -4.69. The largest absolute Gasteiger partial charge is 0.497 e. The molecule has 15 nitrogen and oxygen atoms in total. The maximum atomic E-state index is 14.9. The number of aromatic nitrogens is 1. The third-order valence-electron chi connectivity index (χ3n) is 12.7. The minimum absolute atomic E-state index is 0.00846. The van der Waals surface area contributed by atoms with Gasteiger partial charge in [0, 0.05) is 31.3 Å². The van der Waals surface area contributed by atoms with E-state index in [2.05, 4.69) is 10.6 Å². The maximum absolute atomic E-state index is 14.9. The standard InChI is InChI=1S/C42H56F4N6O9S/c1-8-51(6)32-19-26-18-28(59-7)13-14-30(26)35(47-32)60-29-20-31-34(53)49-41(37(55)50-62(57,58)40(23-43)15-16-40)21-27(41)12-10-9-11-24(2)17-25(3)33(36(54)52(31)22-29)48-38(56)61-39(4,5)42(44,45)46/h10,12-14,18-19,24-25,27,29,31,33H,8-9,11,15-17,20-23H2,1-7H3,(H,48,56)(H,49,53)(H,50,55)/b12-10-/t24-,25+,27+,29+,31-,33-,41+/m0/s1. The first kappa shape index (κ1) is 46.6. The van der Waals surface area contributed by atoms with Crippen LogP contribution in [0, 0.1) is 17.8 Å². The number of fused-ring (bicyclic) bond motifs is 3. The van der Waals surface area contributed by atoms with Gasteiger partial charge in [0.25, 0.3) is 5.91 Å². The van der Waals surface area contributed by atoms with Crippen LogP contribution in [0.4, 0.5) is 28.2 Å². The van der Waals surface area contributed by atoms with Crippen LogP contribution in [0.15, 0.2) is 36.4 Å². The Labute approximate surface area is 358 Å². The zero-order valence-electron chi connectivity index (χ0n) is 35.9. The van der Waals surface area contributed by atoms with Crippen molar-refractivity contribution in [2.24, 2.45) is 17.8 Å². The van der Waals surface area contributed by atoms with Gasteiger partial charge in [-0.3, -0.25) is 19.1 Å². The lowest BCUT2D eigenvalue weighted by Crippen LogP contribution is -2.60. The third kappa shape index (κ3) is 9.39. The lowest BCUT2D eigenvalue weighted by atomic mass is 9.88. The summed E-state index contributed by atoms with van der Waals surface area (Å²) in [5, 5.41) is 6.42. The molecule has 4 amide bonds. The predicted octanol–water partition coefficient (Wildman–Crippen LogP) is 5.32. The quantitative estimate of drug-likeness (QED) is 0.196. The summed E-state index contributed by atoms with van der Waals surface area (Å²) in [7, 11) is -1.11. The maximum Gasteiger partial charge on any atom is 0.427 e. The molecule has 3 fully saturated rings. The minimum Gasteiger partial charge on any atom is -0.497 e. The molecule has 2 aliphatic carbocycles. The van der Waals surface area contributed by atoms with E-state index in [9.17, 15) is 45.2 Å². The number of hydrogen-bond acceptors (Lipinski definition) is 11. The van der Waals surface area contributed by atoms with Crippen molar-refractivity contribution in [2.75, 3.05) is 38.8 Å². The number of alkyl halides is 4. The fourth-order valence-corrected chi connectivity index (χ4v) is 9.55. The zero-order valence-corrected chi connectivity index (χ0v) is 36.8. The van der Waals surface area contributed by atoms with Gasteiger partial charge in [-0.05, 0) is 101 Å². The number of hydrogen-bond donors (Lipinski definition) is 3. The average Bonchev–Trinajstić information content (AvgIpc) is 4.11. The number of carbonyl (C=O) groups is 4. The van der Waals surface area contributed by atoms with Crippen molar-refractivity contribution < 1.29 is 59.4 Å². The summed E-state index contributed by atoms with van der Waals surface area (Å²) < 4.78 is 98.9. The fraction of sp³-hybridized carbons (Fsp3) is 0.643. The molecule has 6 rings (SSSR count). The number of carbonyl (C=O) groups excluding carboxylic acids is 4. The molecule has 2 saturated carbocycles. The van der Waals surface area contributed by atoms with Crippen molar-refractivity contribution in [1.82, 2.24) is 25.2 Å². The molecule has 1 aromatic carbocycles. The van der Waals surface area contributed by atoms with Gasteiger partial charge in [-0.25, -0.2) is 17.6 Å². The molecular weight excluding hydrogens is 841 g/mol. The van der Waals surface area contributed by atoms with Crippen molar-refractivity contribution in [3.63, 3.8) is 0 Å². The molecule has 2 aromatic rings. The summed E-state index contributed by atoms with van der Waals surface area (Å²) >= 11 is 0. The Morgan fingerprint density at radius 3 is 2.45 bits per heavy atom. The first-order valence-corrected chi connectivity index (χ1v) is 22.3. The van der Waals surface area contributed by atoms with Gasteiger partial charge >= 0.3 is 12.3 Å². The second-order valence-electron chi connectivity index (χ2n) is 17.7. The third-order valence-corrected chi connectivity index (χ3v) is 14.8. The Bertz CT molecular complexity index is 2200. The van der Waals surface area contributed by atoms with E-state index in [1.54, 1.807) is 31.2 Å². The van der Waals surface area contributed by atoms with Gasteiger partial charge in [-0.2, -0.15) is 18.2 Å². The van der Waals surface area contributed by atoms with Crippen LogP contribution in [0.3, 0.4) is 0 Å². The van der Waals surface area contributed by atoms with Gasteiger partial charge < -0.3 is 34.6 Å². The van der Waals surface area contributed by atoms with Crippen LogP contribution in [0.1, 0.15) is 79.6 Å². The second-order valence-corrected chi connectivity index (χ2v) is 19.8. The molecule has 342 valence electrons. The highest BCUT2D eigenvalue weighted by atomic mass is 32.2. The van der Waals surface area contributed by atoms with Gasteiger partial charge in [0.2, 0.25) is 33.3 Å². The van der Waals surface area contributed by atoms with Crippen LogP contribution >= 0.6 is 0 Å². The molecule has 1 saturated heterocycles.